The van der Waals surface area contributed by atoms with E-state index in [1.807, 2.05) is 17.8 Å². The van der Waals surface area contributed by atoms with E-state index in [2.05, 4.69) is 5.10 Å². The van der Waals surface area contributed by atoms with E-state index >= 15 is 0 Å². The molecular formula is C14H13N3O3. The topological polar surface area (TPSA) is 80.3 Å². The molecule has 0 spiro atoms. The Morgan fingerprint density at radius 1 is 1.30 bits per heavy atom. The monoisotopic (exact) mass is 271 g/mol. The van der Waals surface area contributed by atoms with Crippen molar-refractivity contribution in [2.45, 2.75) is 0 Å². The molecular weight excluding hydrogens is 258 g/mol. The van der Waals surface area contributed by atoms with Crippen molar-refractivity contribution in [1.82, 2.24) is 14.3 Å². The Bertz CT molecular complexity index is 830. The zero-order valence-corrected chi connectivity index (χ0v) is 11.0. The second-order valence-electron chi connectivity index (χ2n) is 4.69. The van der Waals surface area contributed by atoms with Gasteiger partial charge in [0.25, 0.3) is 0 Å². The predicted octanol–water partition coefficient (Wildman–Crippen LogP) is 1.98. The maximum Gasteiger partial charge on any atom is 0.339 e. The third-order valence-electron chi connectivity index (χ3n) is 3.40. The van der Waals surface area contributed by atoms with Crippen LogP contribution in [0.5, 0.6) is 5.75 Å². The molecule has 0 aliphatic carbocycles. The molecule has 2 heterocycles. The molecule has 20 heavy (non-hydrogen) atoms. The number of aromatic nitrogens is 3. The zero-order chi connectivity index (χ0) is 14.4. The Balaban J connectivity index is 2.38. The van der Waals surface area contributed by atoms with Crippen molar-refractivity contribution < 1.29 is 15.0 Å². The van der Waals surface area contributed by atoms with E-state index in [1.54, 1.807) is 25.2 Å². The number of hydrogen-bond donors (Lipinski definition) is 2. The van der Waals surface area contributed by atoms with Crippen LogP contribution in [0.4, 0.5) is 0 Å². The lowest BCUT2D eigenvalue weighted by Crippen LogP contribution is -2.00. The van der Waals surface area contributed by atoms with Gasteiger partial charge in [0.2, 0.25) is 0 Å². The molecule has 3 aromatic rings. The summed E-state index contributed by atoms with van der Waals surface area (Å²) < 4.78 is 3.42. The van der Waals surface area contributed by atoms with E-state index < -0.39 is 5.97 Å². The Morgan fingerprint density at radius 2 is 2.05 bits per heavy atom. The number of hydrogen-bond acceptors (Lipinski definition) is 3. The average molecular weight is 271 g/mol. The molecule has 0 saturated heterocycles. The second-order valence-corrected chi connectivity index (χ2v) is 4.69. The fourth-order valence-corrected chi connectivity index (χ4v) is 2.48. The fourth-order valence-electron chi connectivity index (χ4n) is 2.48. The maximum absolute atomic E-state index is 11.3. The van der Waals surface area contributed by atoms with Crippen LogP contribution < -0.4 is 0 Å². The van der Waals surface area contributed by atoms with Crippen molar-refractivity contribution in [3.63, 3.8) is 0 Å². The summed E-state index contributed by atoms with van der Waals surface area (Å²) in [7, 11) is 3.57. The lowest BCUT2D eigenvalue weighted by atomic mass is 10.1. The van der Waals surface area contributed by atoms with Crippen LogP contribution in [0.2, 0.25) is 0 Å². The first-order valence-electron chi connectivity index (χ1n) is 6.02. The molecule has 2 aromatic heterocycles. The number of nitrogens with zero attached hydrogens (tertiary/aromatic N) is 3. The first kappa shape index (κ1) is 12.3. The summed E-state index contributed by atoms with van der Waals surface area (Å²) >= 11 is 0. The third-order valence-corrected chi connectivity index (χ3v) is 3.40. The number of carboxylic acids is 1. The molecule has 0 bridgehead atoms. The Hall–Kier alpha value is -2.76. The van der Waals surface area contributed by atoms with Gasteiger partial charge in [-0.3, -0.25) is 4.68 Å². The van der Waals surface area contributed by atoms with Gasteiger partial charge in [0.15, 0.2) is 0 Å². The molecule has 0 unspecified atom stereocenters. The van der Waals surface area contributed by atoms with Crippen LogP contribution in [0, 0.1) is 0 Å². The summed E-state index contributed by atoms with van der Waals surface area (Å²) in [6.07, 6.45) is 3.17. The van der Waals surface area contributed by atoms with E-state index in [-0.39, 0.29) is 11.3 Å². The Labute approximate surface area is 114 Å². The van der Waals surface area contributed by atoms with Gasteiger partial charge in [-0.05, 0) is 18.2 Å². The maximum atomic E-state index is 11.3. The molecule has 0 saturated carbocycles. The molecule has 0 aliphatic heterocycles. The van der Waals surface area contributed by atoms with Crippen molar-refractivity contribution in [3.05, 3.63) is 36.2 Å². The predicted molar refractivity (Wildman–Crippen MR) is 73.7 cm³/mol. The molecule has 6 nitrogen and oxygen atoms in total. The minimum absolute atomic E-state index is 0.142. The average Bonchev–Trinajstić information content (AvgIpc) is 2.90. The summed E-state index contributed by atoms with van der Waals surface area (Å²) in [4.78, 5) is 11.3. The minimum atomic E-state index is -1.02. The van der Waals surface area contributed by atoms with E-state index in [1.165, 1.54) is 10.9 Å². The normalized spacial score (nSPS) is 11.1. The lowest BCUT2D eigenvalue weighted by Gasteiger charge is -2.03. The number of carbonyl (C=O) groups is 1. The molecule has 0 fully saturated rings. The third kappa shape index (κ3) is 1.65. The van der Waals surface area contributed by atoms with Gasteiger partial charge in [-0.2, -0.15) is 5.10 Å². The number of phenolic OH excluding ortho intramolecular Hbond substituents is 1. The SMILES string of the molecule is Cn1ncc(C(=O)O)c1-c1cn(C)c2ccc(O)cc12. The summed E-state index contributed by atoms with van der Waals surface area (Å²) in [5.74, 6) is -0.880. The van der Waals surface area contributed by atoms with E-state index in [4.69, 9.17) is 0 Å². The number of fused-ring (bicyclic) bond motifs is 1. The van der Waals surface area contributed by atoms with Crippen molar-refractivity contribution >= 4 is 16.9 Å². The smallest absolute Gasteiger partial charge is 0.339 e. The number of carboxylic acid groups (broad SMARTS) is 1. The highest BCUT2D eigenvalue weighted by molar-refractivity contribution is 6.02. The molecule has 2 N–H and O–H groups in total. The van der Waals surface area contributed by atoms with Gasteiger partial charge in [0.05, 0.1) is 11.9 Å². The van der Waals surface area contributed by atoms with Crippen molar-refractivity contribution in [3.8, 4) is 17.0 Å². The van der Waals surface area contributed by atoms with Gasteiger partial charge in [-0.15, -0.1) is 0 Å². The number of phenols is 1. The number of benzene rings is 1. The van der Waals surface area contributed by atoms with E-state index in [0.29, 0.717) is 5.69 Å². The van der Waals surface area contributed by atoms with Crippen LogP contribution in [0.1, 0.15) is 10.4 Å². The molecule has 0 radical (unpaired) electrons. The quantitative estimate of drug-likeness (QED) is 0.747. The Kier molecular flexibility index (Phi) is 2.53. The van der Waals surface area contributed by atoms with E-state index in [0.717, 1.165) is 16.5 Å². The number of aryl methyl sites for hydroxylation is 2. The van der Waals surface area contributed by atoms with Crippen LogP contribution in [-0.2, 0) is 14.1 Å². The number of aromatic carboxylic acids is 1. The van der Waals surface area contributed by atoms with Crippen molar-refractivity contribution in [1.29, 1.82) is 0 Å². The summed E-state index contributed by atoms with van der Waals surface area (Å²) in [6.45, 7) is 0. The highest BCUT2D eigenvalue weighted by Crippen LogP contribution is 2.33. The van der Waals surface area contributed by atoms with E-state index in [9.17, 15) is 15.0 Å². The first-order chi connectivity index (χ1) is 9.49. The van der Waals surface area contributed by atoms with Crippen LogP contribution in [0.15, 0.2) is 30.6 Å². The highest BCUT2D eigenvalue weighted by Gasteiger charge is 2.20. The summed E-state index contributed by atoms with van der Waals surface area (Å²) in [5.41, 5.74) is 2.31. The molecule has 0 atom stereocenters. The number of aromatic hydroxyl groups is 1. The molecule has 0 aliphatic rings. The molecule has 1 aromatic carbocycles. The van der Waals surface area contributed by atoms with Crippen LogP contribution in [0.25, 0.3) is 22.2 Å². The van der Waals surface area contributed by atoms with Gasteiger partial charge in [0.1, 0.15) is 11.3 Å². The van der Waals surface area contributed by atoms with Gasteiger partial charge in [0, 0.05) is 36.8 Å². The Morgan fingerprint density at radius 3 is 2.75 bits per heavy atom. The minimum Gasteiger partial charge on any atom is -0.508 e. The van der Waals surface area contributed by atoms with Crippen LogP contribution in [0.3, 0.4) is 0 Å². The van der Waals surface area contributed by atoms with Gasteiger partial charge < -0.3 is 14.8 Å². The molecule has 0 amide bonds. The van der Waals surface area contributed by atoms with Gasteiger partial charge >= 0.3 is 5.97 Å². The zero-order valence-electron chi connectivity index (χ0n) is 11.0. The first-order valence-corrected chi connectivity index (χ1v) is 6.02. The molecule has 3 rings (SSSR count). The van der Waals surface area contributed by atoms with Gasteiger partial charge in [-0.25, -0.2) is 4.79 Å². The lowest BCUT2D eigenvalue weighted by molar-refractivity contribution is 0.0697. The van der Waals surface area contributed by atoms with Crippen molar-refractivity contribution in [2.75, 3.05) is 0 Å². The highest BCUT2D eigenvalue weighted by atomic mass is 16.4. The molecule has 6 heteroatoms. The molecule has 102 valence electrons. The number of rotatable bonds is 2. The summed E-state index contributed by atoms with van der Waals surface area (Å²) in [6, 6.07) is 5.03. The second kappa shape index (κ2) is 4.12. The van der Waals surface area contributed by atoms with Crippen LogP contribution >= 0.6 is 0 Å². The standard InChI is InChI=1S/C14H13N3O3/c1-16-7-11(9-5-8(18)3-4-12(9)16)13-10(14(19)20)6-15-17(13)2/h3-7,18H,1-2H3,(H,19,20). The van der Waals surface area contributed by atoms with Crippen molar-refractivity contribution in [2.24, 2.45) is 14.1 Å². The largest absolute Gasteiger partial charge is 0.508 e. The van der Waals surface area contributed by atoms with Gasteiger partial charge in [-0.1, -0.05) is 0 Å². The van der Waals surface area contributed by atoms with Crippen LogP contribution in [-0.4, -0.2) is 30.5 Å². The fraction of sp³-hybridized carbons (Fsp3) is 0.143. The summed E-state index contributed by atoms with van der Waals surface area (Å²) in [5, 5.41) is 23.7.